The van der Waals surface area contributed by atoms with Crippen LogP contribution in [0.1, 0.15) is 61.7 Å². The second kappa shape index (κ2) is 5.60. The number of thiophene rings is 1. The number of fused-ring (bicyclic) bond motifs is 1. The summed E-state index contributed by atoms with van der Waals surface area (Å²) in [6.45, 7) is 4.33. The zero-order chi connectivity index (χ0) is 14.1. The van der Waals surface area contributed by atoms with Gasteiger partial charge in [-0.05, 0) is 32.8 Å². The zero-order valence-corrected chi connectivity index (χ0v) is 13.0. The Morgan fingerprint density at radius 2 is 2.05 bits per heavy atom. The molecule has 0 radical (unpaired) electrons. The van der Waals surface area contributed by atoms with Crippen LogP contribution in [0.5, 0.6) is 0 Å². The molecule has 3 nitrogen and oxygen atoms in total. The van der Waals surface area contributed by atoms with Gasteiger partial charge in [0.1, 0.15) is 0 Å². The molecule has 0 unspecified atom stereocenters. The smallest absolute Gasteiger partial charge is 0.261 e. The van der Waals surface area contributed by atoms with Crippen LogP contribution in [0, 0.1) is 0 Å². The molecule has 20 heavy (non-hydrogen) atoms. The first kappa shape index (κ1) is 13.7. The molecule has 108 valence electrons. The highest BCUT2D eigenvalue weighted by molar-refractivity contribution is 7.20. The summed E-state index contributed by atoms with van der Waals surface area (Å²) in [5.41, 5.74) is 0. The fourth-order valence-electron chi connectivity index (χ4n) is 2.87. The number of hydrogen-bond acceptors (Lipinski definition) is 2. The molecule has 0 aliphatic heterocycles. The molecule has 4 heteroatoms. The van der Waals surface area contributed by atoms with E-state index < -0.39 is 0 Å². The number of carbonyl (C=O) groups excluding carboxylic acids is 1. The van der Waals surface area contributed by atoms with Crippen LogP contribution in [0.15, 0.2) is 18.5 Å². The number of amides is 1. The summed E-state index contributed by atoms with van der Waals surface area (Å²) in [5.74, 6) is 0.106. The quantitative estimate of drug-likeness (QED) is 0.896. The standard InChI is InChI=1S/C16H22N2OS/c1-11(2)18-9-12-8-14(20-15(12)10-18)16(19)17-13-6-4-3-5-7-13/h8-11,13H,3-7H2,1-2H3,(H,17,19). The van der Waals surface area contributed by atoms with Gasteiger partial charge in [-0.2, -0.15) is 0 Å². The molecule has 1 fully saturated rings. The van der Waals surface area contributed by atoms with Crippen molar-refractivity contribution in [2.75, 3.05) is 0 Å². The van der Waals surface area contributed by atoms with Gasteiger partial charge in [0.15, 0.2) is 0 Å². The molecular formula is C16H22N2OS. The minimum Gasteiger partial charge on any atom is -0.350 e. The Hall–Kier alpha value is -1.29. The summed E-state index contributed by atoms with van der Waals surface area (Å²) in [6, 6.07) is 2.87. The van der Waals surface area contributed by atoms with Crippen molar-refractivity contribution >= 4 is 27.3 Å². The molecule has 2 aromatic rings. The average Bonchev–Trinajstić information content (AvgIpc) is 2.97. The van der Waals surface area contributed by atoms with E-state index in [-0.39, 0.29) is 5.91 Å². The Bertz CT molecular complexity index is 574. The van der Waals surface area contributed by atoms with E-state index in [4.69, 9.17) is 0 Å². The van der Waals surface area contributed by atoms with Gasteiger partial charge in [-0.3, -0.25) is 4.79 Å². The third-order valence-electron chi connectivity index (χ3n) is 4.11. The predicted octanol–water partition coefficient (Wildman–Crippen LogP) is 4.35. The maximum absolute atomic E-state index is 12.3. The minimum absolute atomic E-state index is 0.106. The summed E-state index contributed by atoms with van der Waals surface area (Å²) in [7, 11) is 0. The molecule has 1 amide bonds. The second-order valence-corrected chi connectivity index (χ2v) is 7.12. The lowest BCUT2D eigenvalue weighted by molar-refractivity contribution is 0.0932. The van der Waals surface area contributed by atoms with Crippen molar-refractivity contribution < 1.29 is 4.79 Å². The molecule has 0 bridgehead atoms. The van der Waals surface area contributed by atoms with Gasteiger partial charge in [0.2, 0.25) is 0 Å². The number of hydrogen-bond donors (Lipinski definition) is 1. The van der Waals surface area contributed by atoms with E-state index in [0.717, 1.165) is 17.7 Å². The second-order valence-electron chi connectivity index (χ2n) is 6.04. The summed E-state index contributed by atoms with van der Waals surface area (Å²) < 4.78 is 3.40. The third-order valence-corrected chi connectivity index (χ3v) is 5.19. The third kappa shape index (κ3) is 2.75. The number of aromatic nitrogens is 1. The number of carbonyl (C=O) groups is 1. The lowest BCUT2D eigenvalue weighted by Crippen LogP contribution is -2.35. The van der Waals surface area contributed by atoms with Gasteiger partial charge >= 0.3 is 0 Å². The van der Waals surface area contributed by atoms with Crippen LogP contribution in [0.2, 0.25) is 0 Å². The van der Waals surface area contributed by atoms with E-state index in [0.29, 0.717) is 12.1 Å². The Balaban J connectivity index is 1.72. The van der Waals surface area contributed by atoms with Gasteiger partial charge in [0, 0.05) is 29.9 Å². The normalized spacial score (nSPS) is 16.9. The molecule has 0 aromatic carbocycles. The zero-order valence-electron chi connectivity index (χ0n) is 12.2. The number of nitrogens with one attached hydrogen (secondary N) is 1. The van der Waals surface area contributed by atoms with Gasteiger partial charge in [0.25, 0.3) is 5.91 Å². The van der Waals surface area contributed by atoms with Gasteiger partial charge in [-0.15, -0.1) is 11.3 Å². The van der Waals surface area contributed by atoms with E-state index in [2.05, 4.69) is 36.1 Å². The molecular weight excluding hydrogens is 268 g/mol. The van der Waals surface area contributed by atoms with E-state index in [1.54, 1.807) is 11.3 Å². The van der Waals surface area contributed by atoms with E-state index in [1.807, 2.05) is 6.07 Å². The Morgan fingerprint density at radius 1 is 1.30 bits per heavy atom. The van der Waals surface area contributed by atoms with Crippen LogP contribution in [0.25, 0.3) is 10.1 Å². The number of rotatable bonds is 3. The van der Waals surface area contributed by atoms with Crippen LogP contribution in [-0.4, -0.2) is 16.5 Å². The van der Waals surface area contributed by atoms with Crippen molar-refractivity contribution in [3.63, 3.8) is 0 Å². The van der Waals surface area contributed by atoms with Crippen molar-refractivity contribution in [2.24, 2.45) is 0 Å². The predicted molar refractivity (Wildman–Crippen MR) is 84.5 cm³/mol. The molecule has 2 heterocycles. The fraction of sp³-hybridized carbons (Fsp3) is 0.562. The van der Waals surface area contributed by atoms with Crippen LogP contribution < -0.4 is 5.32 Å². The van der Waals surface area contributed by atoms with Crippen molar-refractivity contribution in [3.8, 4) is 0 Å². The van der Waals surface area contributed by atoms with Crippen molar-refractivity contribution in [3.05, 3.63) is 23.3 Å². The summed E-state index contributed by atoms with van der Waals surface area (Å²) >= 11 is 1.60. The molecule has 0 saturated heterocycles. The van der Waals surface area contributed by atoms with Gasteiger partial charge in [-0.1, -0.05) is 19.3 Å². The maximum atomic E-state index is 12.3. The highest BCUT2D eigenvalue weighted by Crippen LogP contribution is 2.28. The molecule has 2 aromatic heterocycles. The average molecular weight is 290 g/mol. The molecule has 1 aliphatic rings. The van der Waals surface area contributed by atoms with E-state index in [1.165, 1.54) is 29.3 Å². The van der Waals surface area contributed by atoms with Gasteiger partial charge in [0.05, 0.1) is 9.58 Å². The van der Waals surface area contributed by atoms with Gasteiger partial charge in [-0.25, -0.2) is 0 Å². The molecule has 1 saturated carbocycles. The topological polar surface area (TPSA) is 34.0 Å². The fourth-order valence-corrected chi connectivity index (χ4v) is 3.85. The Kier molecular flexibility index (Phi) is 3.83. The summed E-state index contributed by atoms with van der Waals surface area (Å²) in [4.78, 5) is 13.1. The van der Waals surface area contributed by atoms with Gasteiger partial charge < -0.3 is 9.88 Å². The van der Waals surface area contributed by atoms with Crippen molar-refractivity contribution in [1.29, 1.82) is 0 Å². The highest BCUT2D eigenvalue weighted by atomic mass is 32.1. The molecule has 1 N–H and O–H groups in total. The van der Waals surface area contributed by atoms with E-state index >= 15 is 0 Å². The van der Waals surface area contributed by atoms with Crippen molar-refractivity contribution in [2.45, 2.75) is 58.0 Å². The van der Waals surface area contributed by atoms with Crippen LogP contribution in [0.4, 0.5) is 0 Å². The van der Waals surface area contributed by atoms with Crippen molar-refractivity contribution in [1.82, 2.24) is 9.88 Å². The first-order chi connectivity index (χ1) is 9.63. The largest absolute Gasteiger partial charge is 0.350 e. The van der Waals surface area contributed by atoms with Crippen LogP contribution >= 0.6 is 11.3 Å². The Labute approximate surface area is 124 Å². The minimum atomic E-state index is 0.106. The van der Waals surface area contributed by atoms with E-state index in [9.17, 15) is 4.79 Å². The lowest BCUT2D eigenvalue weighted by atomic mass is 9.95. The first-order valence-corrected chi connectivity index (χ1v) is 8.37. The maximum Gasteiger partial charge on any atom is 0.261 e. The van der Waals surface area contributed by atoms with Crippen LogP contribution in [-0.2, 0) is 0 Å². The summed E-state index contributed by atoms with van der Waals surface area (Å²) in [6.07, 6.45) is 10.4. The highest BCUT2D eigenvalue weighted by Gasteiger charge is 2.18. The number of nitrogens with zero attached hydrogens (tertiary/aromatic N) is 1. The lowest BCUT2D eigenvalue weighted by Gasteiger charge is -2.22. The molecule has 1 aliphatic carbocycles. The summed E-state index contributed by atoms with van der Waals surface area (Å²) in [5, 5.41) is 4.37. The molecule has 3 rings (SSSR count). The molecule has 0 atom stereocenters. The molecule has 0 spiro atoms. The Morgan fingerprint density at radius 3 is 2.70 bits per heavy atom. The first-order valence-electron chi connectivity index (χ1n) is 7.55. The SMILES string of the molecule is CC(C)n1cc2cc(C(=O)NC3CCCCC3)sc2c1. The van der Waals surface area contributed by atoms with Crippen LogP contribution in [0.3, 0.4) is 0 Å². The monoisotopic (exact) mass is 290 g/mol.